The van der Waals surface area contributed by atoms with Crippen molar-refractivity contribution in [1.29, 1.82) is 0 Å². The van der Waals surface area contributed by atoms with Gasteiger partial charge < -0.3 is 10.2 Å². The van der Waals surface area contributed by atoms with Gasteiger partial charge in [0.15, 0.2) is 0 Å². The van der Waals surface area contributed by atoms with Crippen LogP contribution >= 0.6 is 23.5 Å². The number of hydrogen-bond acceptors (Lipinski definition) is 4. The molecule has 2 heterocycles. The number of benzene rings is 2. The van der Waals surface area contributed by atoms with Gasteiger partial charge >= 0.3 is 0 Å². The highest BCUT2D eigenvalue weighted by atomic mass is 32.2. The van der Waals surface area contributed by atoms with E-state index in [1.807, 2.05) is 59.1 Å². The topological polar surface area (TPSA) is 49.4 Å². The van der Waals surface area contributed by atoms with E-state index < -0.39 is 0 Å². The van der Waals surface area contributed by atoms with Crippen LogP contribution in [0.4, 0.5) is 5.69 Å². The summed E-state index contributed by atoms with van der Waals surface area (Å²) in [4.78, 5) is 28.3. The van der Waals surface area contributed by atoms with Crippen LogP contribution in [0.25, 0.3) is 0 Å². The summed E-state index contributed by atoms with van der Waals surface area (Å²) >= 11 is 3.40. The minimum atomic E-state index is -0.0287. The lowest BCUT2D eigenvalue weighted by Crippen LogP contribution is -2.37. The number of para-hydroxylation sites is 1. The number of nitrogens with one attached hydrogen (secondary N) is 1. The van der Waals surface area contributed by atoms with E-state index in [4.69, 9.17) is 0 Å². The largest absolute Gasteiger partial charge is 0.349 e. The Morgan fingerprint density at radius 2 is 1.82 bits per heavy atom. The number of amides is 2. The van der Waals surface area contributed by atoms with Crippen LogP contribution in [0.15, 0.2) is 53.4 Å². The number of thioether (sulfide) groups is 2. The molecule has 0 spiro atoms. The van der Waals surface area contributed by atoms with Crippen molar-refractivity contribution in [2.45, 2.75) is 30.2 Å². The zero-order chi connectivity index (χ0) is 19.3. The van der Waals surface area contributed by atoms with E-state index in [1.54, 1.807) is 0 Å². The summed E-state index contributed by atoms with van der Waals surface area (Å²) in [6.45, 7) is 0.737. The molecule has 146 valence electrons. The molecule has 2 amide bonds. The lowest BCUT2D eigenvalue weighted by Gasteiger charge is -2.23. The van der Waals surface area contributed by atoms with Gasteiger partial charge in [0, 0.05) is 23.2 Å². The standard InChI is InChI=1S/C22H24N2O2S2/c25-21(24-12-9-16-5-1-3-7-19(16)24)15-28-20-8-4-2-6-18(20)22(26)23-17-10-13-27-14-11-17/h1-8,17H,9-15H2,(H,23,26). The second-order valence-electron chi connectivity index (χ2n) is 7.07. The van der Waals surface area contributed by atoms with Crippen molar-refractivity contribution < 1.29 is 9.59 Å². The maximum Gasteiger partial charge on any atom is 0.252 e. The first kappa shape index (κ1) is 19.4. The predicted molar refractivity (Wildman–Crippen MR) is 117 cm³/mol. The average molecular weight is 413 g/mol. The van der Waals surface area contributed by atoms with E-state index in [0.717, 1.165) is 47.9 Å². The molecule has 2 aliphatic heterocycles. The second-order valence-corrected chi connectivity index (χ2v) is 9.31. The summed E-state index contributed by atoms with van der Waals surface area (Å²) in [5, 5.41) is 3.17. The third kappa shape index (κ3) is 4.39. The molecule has 0 unspecified atom stereocenters. The number of nitrogens with zero attached hydrogens (tertiary/aromatic N) is 1. The van der Waals surface area contributed by atoms with E-state index >= 15 is 0 Å². The van der Waals surface area contributed by atoms with Gasteiger partial charge in [-0.3, -0.25) is 9.59 Å². The third-order valence-corrected chi connectivity index (χ3v) is 7.33. The van der Waals surface area contributed by atoms with Crippen LogP contribution < -0.4 is 10.2 Å². The highest BCUT2D eigenvalue weighted by Gasteiger charge is 2.25. The molecule has 0 atom stereocenters. The van der Waals surface area contributed by atoms with E-state index in [1.165, 1.54) is 17.3 Å². The highest BCUT2D eigenvalue weighted by molar-refractivity contribution is 8.00. The molecule has 4 nitrogen and oxygen atoms in total. The Morgan fingerprint density at radius 3 is 2.68 bits per heavy atom. The minimum absolute atomic E-state index is 0.0287. The maximum atomic E-state index is 12.8. The molecule has 2 aromatic rings. The van der Waals surface area contributed by atoms with Crippen molar-refractivity contribution in [1.82, 2.24) is 5.32 Å². The lowest BCUT2D eigenvalue weighted by molar-refractivity contribution is -0.116. The molecule has 1 fully saturated rings. The Kier molecular flexibility index (Phi) is 6.27. The summed E-state index contributed by atoms with van der Waals surface area (Å²) < 4.78 is 0. The molecule has 0 saturated carbocycles. The predicted octanol–water partition coefficient (Wildman–Crippen LogP) is 3.99. The number of carbonyl (C=O) groups excluding carboxylic acids is 2. The van der Waals surface area contributed by atoms with E-state index in [0.29, 0.717) is 11.3 Å². The molecule has 0 aliphatic carbocycles. The molecule has 2 aliphatic rings. The van der Waals surface area contributed by atoms with Gasteiger partial charge in [-0.25, -0.2) is 0 Å². The average Bonchev–Trinajstić information content (AvgIpc) is 3.17. The first-order chi connectivity index (χ1) is 13.7. The molecule has 6 heteroatoms. The monoisotopic (exact) mass is 412 g/mol. The summed E-state index contributed by atoms with van der Waals surface area (Å²) in [5.41, 5.74) is 2.92. The molecule has 0 aromatic heterocycles. The van der Waals surface area contributed by atoms with Crippen LogP contribution in [0.2, 0.25) is 0 Å². The number of rotatable bonds is 5. The number of anilines is 1. The van der Waals surface area contributed by atoms with Gasteiger partial charge in [0.25, 0.3) is 5.91 Å². The van der Waals surface area contributed by atoms with Gasteiger partial charge in [-0.05, 0) is 54.5 Å². The lowest BCUT2D eigenvalue weighted by atomic mass is 10.1. The minimum Gasteiger partial charge on any atom is -0.349 e. The smallest absolute Gasteiger partial charge is 0.252 e. The SMILES string of the molecule is O=C(NC1CCSCC1)c1ccccc1SCC(=O)N1CCc2ccccc21. The number of hydrogen-bond donors (Lipinski definition) is 1. The molecule has 1 saturated heterocycles. The quantitative estimate of drug-likeness (QED) is 0.755. The molecule has 1 N–H and O–H groups in total. The van der Waals surface area contributed by atoms with Crippen molar-refractivity contribution in [3.8, 4) is 0 Å². The van der Waals surface area contributed by atoms with Gasteiger partial charge in [0.05, 0.1) is 11.3 Å². The Balaban J connectivity index is 1.40. The van der Waals surface area contributed by atoms with Crippen molar-refractivity contribution >= 4 is 41.0 Å². The molecule has 28 heavy (non-hydrogen) atoms. The zero-order valence-corrected chi connectivity index (χ0v) is 17.4. The summed E-state index contributed by atoms with van der Waals surface area (Å²) in [6.07, 6.45) is 2.96. The zero-order valence-electron chi connectivity index (χ0n) is 15.7. The number of fused-ring (bicyclic) bond motifs is 1. The Labute approximate surface area is 174 Å². The molecule has 0 bridgehead atoms. The Morgan fingerprint density at radius 1 is 1.07 bits per heavy atom. The van der Waals surface area contributed by atoms with Gasteiger partial charge in [0.2, 0.25) is 5.91 Å². The summed E-state index contributed by atoms with van der Waals surface area (Å²) in [5.74, 6) is 2.60. The first-order valence-electron chi connectivity index (χ1n) is 9.71. The Hall–Kier alpha value is -1.92. The van der Waals surface area contributed by atoms with E-state index in [-0.39, 0.29) is 17.9 Å². The highest BCUT2D eigenvalue weighted by Crippen LogP contribution is 2.30. The van der Waals surface area contributed by atoms with Crippen LogP contribution in [0.5, 0.6) is 0 Å². The van der Waals surface area contributed by atoms with E-state index in [2.05, 4.69) is 11.4 Å². The van der Waals surface area contributed by atoms with Crippen LogP contribution in [0.1, 0.15) is 28.8 Å². The third-order valence-electron chi connectivity index (χ3n) is 5.23. The fourth-order valence-electron chi connectivity index (χ4n) is 3.70. The maximum absolute atomic E-state index is 12.8. The van der Waals surface area contributed by atoms with Gasteiger partial charge in [-0.1, -0.05) is 30.3 Å². The first-order valence-corrected chi connectivity index (χ1v) is 11.8. The van der Waals surface area contributed by atoms with Crippen LogP contribution in [-0.4, -0.2) is 41.7 Å². The molecule has 0 radical (unpaired) electrons. The normalized spacial score (nSPS) is 16.6. The van der Waals surface area contributed by atoms with Crippen LogP contribution in [0, 0.1) is 0 Å². The fraction of sp³-hybridized carbons (Fsp3) is 0.364. The van der Waals surface area contributed by atoms with Crippen molar-refractivity contribution in [2.75, 3.05) is 28.7 Å². The molecule has 2 aromatic carbocycles. The van der Waals surface area contributed by atoms with Gasteiger partial charge in [-0.2, -0.15) is 11.8 Å². The summed E-state index contributed by atoms with van der Waals surface area (Å²) in [6, 6.07) is 15.9. The van der Waals surface area contributed by atoms with Crippen LogP contribution in [0.3, 0.4) is 0 Å². The molecular formula is C22H24N2O2S2. The Bertz CT molecular complexity index is 865. The molecular weight excluding hydrogens is 388 g/mol. The van der Waals surface area contributed by atoms with Crippen molar-refractivity contribution in [3.63, 3.8) is 0 Å². The number of carbonyl (C=O) groups is 2. The molecule has 4 rings (SSSR count). The second kappa shape index (κ2) is 9.05. The van der Waals surface area contributed by atoms with Crippen molar-refractivity contribution in [3.05, 3.63) is 59.7 Å². The van der Waals surface area contributed by atoms with Gasteiger partial charge in [-0.15, -0.1) is 11.8 Å². The summed E-state index contributed by atoms with van der Waals surface area (Å²) in [7, 11) is 0. The fourth-order valence-corrected chi connectivity index (χ4v) is 5.73. The van der Waals surface area contributed by atoms with Crippen molar-refractivity contribution in [2.24, 2.45) is 0 Å². The van der Waals surface area contributed by atoms with Gasteiger partial charge in [0.1, 0.15) is 0 Å². The van der Waals surface area contributed by atoms with E-state index in [9.17, 15) is 9.59 Å². The van der Waals surface area contributed by atoms with Crippen LogP contribution in [-0.2, 0) is 11.2 Å².